The van der Waals surface area contributed by atoms with Crippen LogP contribution in [0.4, 0.5) is 8.78 Å². The second-order valence-corrected chi connectivity index (χ2v) is 11.5. The summed E-state index contributed by atoms with van der Waals surface area (Å²) in [4.78, 5) is 37.9. The van der Waals surface area contributed by atoms with Crippen LogP contribution in [0.3, 0.4) is 0 Å². The van der Waals surface area contributed by atoms with E-state index < -0.39 is 47.6 Å². The minimum atomic E-state index is -3.04. The van der Waals surface area contributed by atoms with Crippen molar-refractivity contribution in [3.05, 3.63) is 23.3 Å². The first kappa shape index (κ1) is 28.6. The Morgan fingerprint density at radius 3 is 2.41 bits per heavy atom. The molecule has 9 nitrogen and oxygen atoms in total. The number of hydrogen-bond donors (Lipinski definition) is 3. The zero-order valence-corrected chi connectivity index (χ0v) is 22.4. The van der Waals surface area contributed by atoms with E-state index in [4.69, 9.17) is 9.47 Å². The molecule has 3 fully saturated rings. The Hall–Kier alpha value is -3.42. The predicted octanol–water partition coefficient (Wildman–Crippen LogP) is 3.90. The minimum Gasteiger partial charge on any atom is -0.496 e. The van der Waals surface area contributed by atoms with E-state index in [1.54, 1.807) is 6.92 Å². The smallest absolute Gasteiger partial charge is 0.309 e. The SMILES string of the molecule is COc1cc(C#N)c(O[C@H]2CC[C@@](C)(C(=O)O)CC2)cc1C(=O)N[C@@H]1[C@H]2CC[C@H](C2)[C@@H]1C(=O)NCC(C)(F)F. The lowest BCUT2D eigenvalue weighted by Crippen LogP contribution is -2.51. The van der Waals surface area contributed by atoms with E-state index in [2.05, 4.69) is 16.7 Å². The molecule has 0 unspecified atom stereocenters. The number of nitriles is 1. The first-order valence-electron chi connectivity index (χ1n) is 13.3. The van der Waals surface area contributed by atoms with Gasteiger partial charge in [0.1, 0.15) is 17.6 Å². The van der Waals surface area contributed by atoms with Gasteiger partial charge >= 0.3 is 5.97 Å². The van der Waals surface area contributed by atoms with Gasteiger partial charge in [0, 0.05) is 19.0 Å². The van der Waals surface area contributed by atoms with E-state index in [0.717, 1.165) is 26.2 Å². The van der Waals surface area contributed by atoms with Crippen LogP contribution in [-0.2, 0) is 9.59 Å². The molecule has 11 heteroatoms. The second-order valence-electron chi connectivity index (χ2n) is 11.5. The molecule has 2 bridgehead atoms. The molecule has 2 amide bonds. The Kier molecular flexibility index (Phi) is 8.05. The van der Waals surface area contributed by atoms with E-state index in [1.165, 1.54) is 19.2 Å². The van der Waals surface area contributed by atoms with Crippen LogP contribution in [0.2, 0.25) is 0 Å². The summed E-state index contributed by atoms with van der Waals surface area (Å²) in [6.45, 7) is 1.68. The number of carboxylic acid groups (broad SMARTS) is 1. The monoisotopic (exact) mass is 547 g/mol. The molecule has 212 valence electrons. The van der Waals surface area contributed by atoms with Crippen molar-refractivity contribution < 1.29 is 37.7 Å². The summed E-state index contributed by atoms with van der Waals surface area (Å²) in [6, 6.07) is 4.40. The number of aliphatic carboxylic acids is 1. The fraction of sp³-hybridized carbons (Fsp3) is 0.643. The molecule has 4 atom stereocenters. The number of methoxy groups -OCH3 is 1. The molecule has 1 aromatic carbocycles. The number of carboxylic acids is 1. The molecule has 0 heterocycles. The van der Waals surface area contributed by atoms with Crippen LogP contribution in [0.25, 0.3) is 0 Å². The van der Waals surface area contributed by atoms with Crippen LogP contribution < -0.4 is 20.1 Å². The molecule has 3 aliphatic carbocycles. The number of carbonyl (C=O) groups is 3. The van der Waals surface area contributed by atoms with Gasteiger partial charge in [-0.3, -0.25) is 14.4 Å². The summed E-state index contributed by atoms with van der Waals surface area (Å²) >= 11 is 0. The van der Waals surface area contributed by atoms with Crippen LogP contribution in [0.15, 0.2) is 12.1 Å². The number of hydrogen-bond acceptors (Lipinski definition) is 6. The number of halogens is 2. The molecular weight excluding hydrogens is 512 g/mol. The normalized spacial score (nSPS) is 29.8. The fourth-order valence-corrected chi connectivity index (χ4v) is 6.30. The maximum Gasteiger partial charge on any atom is 0.309 e. The predicted molar refractivity (Wildman–Crippen MR) is 136 cm³/mol. The number of fused-ring (bicyclic) bond motifs is 2. The molecule has 3 aliphatic rings. The van der Waals surface area contributed by atoms with Crippen molar-refractivity contribution in [1.82, 2.24) is 10.6 Å². The molecule has 0 aliphatic heterocycles. The van der Waals surface area contributed by atoms with Crippen molar-refractivity contribution in [2.45, 2.75) is 76.9 Å². The number of carbonyl (C=O) groups excluding carboxylic acids is 2. The first-order chi connectivity index (χ1) is 18.3. The Labute approximate surface area is 226 Å². The first-order valence-corrected chi connectivity index (χ1v) is 13.3. The number of rotatable bonds is 9. The van der Waals surface area contributed by atoms with Crippen LogP contribution >= 0.6 is 0 Å². The number of benzene rings is 1. The molecule has 3 N–H and O–H groups in total. The lowest BCUT2D eigenvalue weighted by atomic mass is 9.75. The fourth-order valence-electron chi connectivity index (χ4n) is 6.30. The zero-order valence-electron chi connectivity index (χ0n) is 22.4. The van der Waals surface area contributed by atoms with Gasteiger partial charge in [-0.05, 0) is 69.8 Å². The lowest BCUT2D eigenvalue weighted by molar-refractivity contribution is -0.150. The topological polar surface area (TPSA) is 138 Å². The van der Waals surface area contributed by atoms with Crippen LogP contribution in [0, 0.1) is 34.5 Å². The van der Waals surface area contributed by atoms with Gasteiger partial charge < -0.3 is 25.2 Å². The molecule has 39 heavy (non-hydrogen) atoms. The van der Waals surface area contributed by atoms with Crippen molar-refractivity contribution in [3.8, 4) is 17.6 Å². The van der Waals surface area contributed by atoms with Crippen LogP contribution in [0.5, 0.6) is 11.5 Å². The summed E-state index contributed by atoms with van der Waals surface area (Å²) in [5.74, 6) is -5.08. The highest BCUT2D eigenvalue weighted by molar-refractivity contribution is 5.98. The highest BCUT2D eigenvalue weighted by atomic mass is 19.3. The summed E-state index contributed by atoms with van der Waals surface area (Å²) in [7, 11) is 1.38. The number of ether oxygens (including phenoxy) is 2. The third kappa shape index (κ3) is 6.10. The van der Waals surface area contributed by atoms with E-state index in [-0.39, 0.29) is 40.6 Å². The summed E-state index contributed by atoms with van der Waals surface area (Å²) in [5, 5.41) is 24.5. The molecular formula is C28H35F2N3O6. The average molecular weight is 548 g/mol. The third-order valence-corrected chi connectivity index (χ3v) is 8.60. The average Bonchev–Trinajstić information content (AvgIpc) is 3.50. The third-order valence-electron chi connectivity index (χ3n) is 8.60. The summed E-state index contributed by atoms with van der Waals surface area (Å²) in [5.41, 5.74) is -0.522. The molecule has 4 rings (SSSR count). The summed E-state index contributed by atoms with van der Waals surface area (Å²) < 4.78 is 38.2. The van der Waals surface area contributed by atoms with Crippen molar-refractivity contribution in [3.63, 3.8) is 0 Å². The molecule has 0 radical (unpaired) electrons. The highest BCUT2D eigenvalue weighted by Gasteiger charge is 2.51. The van der Waals surface area contributed by atoms with Crippen LogP contribution in [-0.4, -0.2) is 54.6 Å². The van der Waals surface area contributed by atoms with Gasteiger partial charge in [-0.1, -0.05) is 0 Å². The van der Waals surface area contributed by atoms with E-state index in [9.17, 15) is 33.5 Å². The van der Waals surface area contributed by atoms with Crippen LogP contribution in [0.1, 0.15) is 74.7 Å². The van der Waals surface area contributed by atoms with Gasteiger partial charge in [-0.25, -0.2) is 8.78 Å². The number of alkyl halides is 2. The van der Waals surface area contributed by atoms with Gasteiger partial charge in [0.05, 0.1) is 42.2 Å². The molecule has 0 saturated heterocycles. The van der Waals surface area contributed by atoms with Gasteiger partial charge in [0.2, 0.25) is 5.91 Å². The summed E-state index contributed by atoms with van der Waals surface area (Å²) in [6.07, 6.45) is 3.88. The van der Waals surface area contributed by atoms with E-state index >= 15 is 0 Å². The Morgan fingerprint density at radius 1 is 1.15 bits per heavy atom. The number of nitrogens with one attached hydrogen (secondary N) is 2. The standard InChI is InChI=1S/C28H35F2N3O6/c1-27(26(36)37)8-6-18(7-9-27)39-20-12-19(21(38-3)11-17(20)13-31)24(34)33-23-16-5-4-15(10-16)22(23)25(35)32-14-28(2,29)30/h11-12,15-16,18,22-23H,4-10,14H2,1-3H3,(H,32,35)(H,33,34)(H,36,37)/t15-,16+,18-,22+,23-,27+/m1/s1. The maximum atomic E-state index is 13.5. The Bertz CT molecular complexity index is 1170. The zero-order chi connectivity index (χ0) is 28.5. The number of amides is 2. The van der Waals surface area contributed by atoms with Crippen molar-refractivity contribution in [2.24, 2.45) is 23.2 Å². The van der Waals surface area contributed by atoms with Crippen molar-refractivity contribution in [2.75, 3.05) is 13.7 Å². The van der Waals surface area contributed by atoms with Gasteiger partial charge in [-0.15, -0.1) is 0 Å². The lowest BCUT2D eigenvalue weighted by Gasteiger charge is -2.34. The number of nitrogens with zero attached hydrogens (tertiary/aromatic N) is 1. The van der Waals surface area contributed by atoms with Crippen molar-refractivity contribution >= 4 is 17.8 Å². The molecule has 1 aromatic rings. The van der Waals surface area contributed by atoms with Crippen molar-refractivity contribution in [1.29, 1.82) is 5.26 Å². The molecule has 3 saturated carbocycles. The highest BCUT2D eigenvalue weighted by Crippen LogP contribution is 2.49. The second kappa shape index (κ2) is 11.0. The molecule has 0 aromatic heterocycles. The van der Waals surface area contributed by atoms with E-state index in [0.29, 0.717) is 25.7 Å². The van der Waals surface area contributed by atoms with Gasteiger partial charge in [-0.2, -0.15) is 5.26 Å². The maximum absolute atomic E-state index is 13.5. The van der Waals surface area contributed by atoms with Gasteiger partial charge in [0.25, 0.3) is 11.8 Å². The van der Waals surface area contributed by atoms with E-state index in [1.807, 2.05) is 0 Å². The quantitative estimate of drug-likeness (QED) is 0.426. The Morgan fingerprint density at radius 2 is 1.82 bits per heavy atom. The Balaban J connectivity index is 1.52. The minimum absolute atomic E-state index is 0.00956. The molecule has 0 spiro atoms. The van der Waals surface area contributed by atoms with Gasteiger partial charge in [0.15, 0.2) is 0 Å². The largest absolute Gasteiger partial charge is 0.496 e.